The van der Waals surface area contributed by atoms with Gasteiger partial charge in [0.15, 0.2) is 5.75 Å². The van der Waals surface area contributed by atoms with E-state index in [1.165, 1.54) is 26.2 Å². The molecule has 0 saturated carbocycles. The third-order valence-corrected chi connectivity index (χ3v) is 3.48. The lowest BCUT2D eigenvalue weighted by Crippen LogP contribution is -2.01. The van der Waals surface area contributed by atoms with Gasteiger partial charge < -0.3 is 4.74 Å². The number of hydrogen-bond acceptors (Lipinski definition) is 5. The summed E-state index contributed by atoms with van der Waals surface area (Å²) in [5.41, 5.74) is -0.441. The number of rotatable bonds is 3. The van der Waals surface area contributed by atoms with Crippen LogP contribution in [0, 0.1) is 17.0 Å². The Hall–Kier alpha value is -1.34. The minimum absolute atomic E-state index is 0.00781. The molecule has 0 bridgehead atoms. The molecular weight excluding hydrogens is 258 g/mol. The SMILES string of the molecule is COc1ccc(S(=O)(=O)Cl)c(C)c1[N+](=O)[O-]. The Bertz CT molecular complexity index is 540. The molecular formula is C8H8ClNO5S. The third kappa shape index (κ3) is 2.25. The number of benzene rings is 1. The van der Waals surface area contributed by atoms with Gasteiger partial charge in [-0.15, -0.1) is 0 Å². The first kappa shape index (κ1) is 12.7. The van der Waals surface area contributed by atoms with Crippen molar-refractivity contribution < 1.29 is 18.1 Å². The van der Waals surface area contributed by atoms with Crippen molar-refractivity contribution in [2.45, 2.75) is 11.8 Å². The Labute approximate surface area is 96.4 Å². The molecule has 6 nitrogen and oxygen atoms in total. The average Bonchev–Trinajstić information content (AvgIpc) is 2.14. The quantitative estimate of drug-likeness (QED) is 0.473. The molecule has 88 valence electrons. The van der Waals surface area contributed by atoms with Crippen molar-refractivity contribution in [3.63, 3.8) is 0 Å². The number of nitro benzene ring substituents is 1. The smallest absolute Gasteiger partial charge is 0.315 e. The zero-order valence-electron chi connectivity index (χ0n) is 8.43. The fraction of sp³-hybridized carbons (Fsp3) is 0.250. The minimum Gasteiger partial charge on any atom is -0.490 e. The fourth-order valence-electron chi connectivity index (χ4n) is 1.31. The highest BCUT2D eigenvalue weighted by Gasteiger charge is 2.25. The second kappa shape index (κ2) is 4.26. The van der Waals surface area contributed by atoms with Gasteiger partial charge in [0.1, 0.15) is 0 Å². The van der Waals surface area contributed by atoms with Gasteiger partial charge in [0, 0.05) is 10.7 Å². The van der Waals surface area contributed by atoms with Crippen molar-refractivity contribution in [3.05, 3.63) is 27.8 Å². The zero-order chi connectivity index (χ0) is 12.5. The summed E-state index contributed by atoms with van der Waals surface area (Å²) in [5, 5.41) is 10.8. The maximum Gasteiger partial charge on any atom is 0.315 e. The molecule has 0 aliphatic rings. The van der Waals surface area contributed by atoms with Gasteiger partial charge in [0.25, 0.3) is 9.05 Å². The molecule has 0 aromatic heterocycles. The molecule has 8 heteroatoms. The van der Waals surface area contributed by atoms with Crippen LogP contribution in [0.25, 0.3) is 0 Å². The monoisotopic (exact) mass is 265 g/mol. The van der Waals surface area contributed by atoms with E-state index in [2.05, 4.69) is 0 Å². The predicted molar refractivity (Wildman–Crippen MR) is 57.4 cm³/mol. The van der Waals surface area contributed by atoms with Gasteiger partial charge in [-0.25, -0.2) is 8.42 Å². The molecule has 1 aromatic rings. The number of ether oxygens (including phenoxy) is 1. The Morgan fingerprint density at radius 3 is 2.38 bits per heavy atom. The molecule has 0 atom stereocenters. The van der Waals surface area contributed by atoms with Crippen LogP contribution in [-0.2, 0) is 9.05 Å². The number of hydrogen-bond donors (Lipinski definition) is 0. The van der Waals surface area contributed by atoms with E-state index >= 15 is 0 Å². The van der Waals surface area contributed by atoms with Crippen LogP contribution >= 0.6 is 10.7 Å². The van der Waals surface area contributed by atoms with E-state index in [0.29, 0.717) is 0 Å². The van der Waals surface area contributed by atoms with E-state index < -0.39 is 19.7 Å². The molecule has 0 aliphatic heterocycles. The van der Waals surface area contributed by atoms with Crippen LogP contribution < -0.4 is 4.74 Å². The highest BCUT2D eigenvalue weighted by molar-refractivity contribution is 8.13. The number of halogens is 1. The zero-order valence-corrected chi connectivity index (χ0v) is 10.0. The van der Waals surface area contributed by atoms with Crippen LogP contribution in [0.1, 0.15) is 5.56 Å². The van der Waals surface area contributed by atoms with E-state index in [-0.39, 0.29) is 16.2 Å². The van der Waals surface area contributed by atoms with Gasteiger partial charge in [-0.2, -0.15) is 0 Å². The molecule has 0 aliphatic carbocycles. The van der Waals surface area contributed by atoms with Crippen molar-refractivity contribution in [2.24, 2.45) is 0 Å². The third-order valence-electron chi connectivity index (χ3n) is 2.01. The van der Waals surface area contributed by atoms with Crippen molar-refractivity contribution >= 4 is 25.4 Å². The van der Waals surface area contributed by atoms with Crippen LogP contribution in [0.4, 0.5) is 5.69 Å². The molecule has 0 spiro atoms. The van der Waals surface area contributed by atoms with Crippen LogP contribution in [0.5, 0.6) is 5.75 Å². The summed E-state index contributed by atoms with van der Waals surface area (Å²) in [4.78, 5) is 9.77. The number of nitro groups is 1. The Morgan fingerprint density at radius 2 is 2.00 bits per heavy atom. The molecule has 0 fully saturated rings. The summed E-state index contributed by atoms with van der Waals surface area (Å²) in [6.45, 7) is 1.30. The average molecular weight is 266 g/mol. The molecule has 1 rings (SSSR count). The normalized spacial score (nSPS) is 11.2. The fourth-order valence-corrected chi connectivity index (χ4v) is 2.51. The predicted octanol–water partition coefficient (Wildman–Crippen LogP) is 1.84. The number of methoxy groups -OCH3 is 1. The second-order valence-corrected chi connectivity index (χ2v) is 5.47. The highest BCUT2D eigenvalue weighted by atomic mass is 35.7. The Kier molecular flexibility index (Phi) is 3.39. The van der Waals surface area contributed by atoms with Gasteiger partial charge in [0.2, 0.25) is 0 Å². The van der Waals surface area contributed by atoms with E-state index in [9.17, 15) is 18.5 Å². The first-order chi connectivity index (χ1) is 7.29. The van der Waals surface area contributed by atoms with E-state index in [4.69, 9.17) is 15.4 Å². The van der Waals surface area contributed by atoms with Crippen molar-refractivity contribution in [1.82, 2.24) is 0 Å². The molecule has 0 unspecified atom stereocenters. The maximum atomic E-state index is 11.1. The van der Waals surface area contributed by atoms with Crippen LogP contribution in [0.2, 0.25) is 0 Å². The topological polar surface area (TPSA) is 86.5 Å². The largest absolute Gasteiger partial charge is 0.490 e. The molecule has 0 heterocycles. The van der Waals surface area contributed by atoms with Crippen LogP contribution in [-0.4, -0.2) is 20.5 Å². The summed E-state index contributed by atoms with van der Waals surface area (Å²) in [6.07, 6.45) is 0. The Balaban J connectivity index is 3.63. The van der Waals surface area contributed by atoms with Crippen LogP contribution in [0.3, 0.4) is 0 Å². The minimum atomic E-state index is -4.00. The molecule has 0 saturated heterocycles. The van der Waals surface area contributed by atoms with Crippen molar-refractivity contribution in [2.75, 3.05) is 7.11 Å². The van der Waals surface area contributed by atoms with Gasteiger partial charge in [0.05, 0.1) is 22.5 Å². The van der Waals surface area contributed by atoms with E-state index in [0.717, 1.165) is 0 Å². The first-order valence-electron chi connectivity index (χ1n) is 4.05. The standard InChI is InChI=1S/C8H8ClNO5S/c1-5-7(16(9,13)14)4-3-6(15-2)8(5)10(11)12/h3-4H,1-2H3. The molecule has 1 aromatic carbocycles. The second-order valence-electron chi connectivity index (χ2n) is 2.93. The molecule has 0 N–H and O–H groups in total. The summed E-state index contributed by atoms with van der Waals surface area (Å²) in [7, 11) is 2.40. The van der Waals surface area contributed by atoms with Gasteiger partial charge in [-0.1, -0.05) is 0 Å². The van der Waals surface area contributed by atoms with Crippen LogP contribution in [0.15, 0.2) is 17.0 Å². The molecule has 0 radical (unpaired) electrons. The lowest BCUT2D eigenvalue weighted by atomic mass is 10.2. The van der Waals surface area contributed by atoms with Gasteiger partial charge >= 0.3 is 5.69 Å². The lowest BCUT2D eigenvalue weighted by Gasteiger charge is -2.06. The van der Waals surface area contributed by atoms with E-state index in [1.807, 2.05) is 0 Å². The number of nitrogens with zero attached hydrogens (tertiary/aromatic N) is 1. The van der Waals surface area contributed by atoms with E-state index in [1.54, 1.807) is 0 Å². The summed E-state index contributed by atoms with van der Waals surface area (Å²) in [5.74, 6) is -0.00781. The van der Waals surface area contributed by atoms with Crippen molar-refractivity contribution in [3.8, 4) is 5.75 Å². The summed E-state index contributed by atoms with van der Waals surface area (Å²) in [6, 6.07) is 2.36. The summed E-state index contributed by atoms with van der Waals surface area (Å²) < 4.78 is 27.0. The highest BCUT2D eigenvalue weighted by Crippen LogP contribution is 2.35. The molecule has 16 heavy (non-hydrogen) atoms. The maximum absolute atomic E-state index is 11.1. The summed E-state index contributed by atoms with van der Waals surface area (Å²) >= 11 is 0. The first-order valence-corrected chi connectivity index (χ1v) is 6.36. The Morgan fingerprint density at radius 1 is 1.44 bits per heavy atom. The van der Waals surface area contributed by atoms with Gasteiger partial charge in [-0.3, -0.25) is 10.1 Å². The van der Waals surface area contributed by atoms with Crippen molar-refractivity contribution in [1.29, 1.82) is 0 Å². The lowest BCUT2D eigenvalue weighted by molar-refractivity contribution is -0.386. The molecule has 0 amide bonds. The van der Waals surface area contributed by atoms with Gasteiger partial charge in [-0.05, 0) is 19.1 Å².